The Hall–Kier alpha value is -0.660. The first kappa shape index (κ1) is 18.7. The van der Waals surface area contributed by atoms with E-state index in [9.17, 15) is 0 Å². The molecule has 2 N–H and O–H groups in total. The van der Waals surface area contributed by atoms with Crippen LogP contribution in [0, 0.1) is 0 Å². The first-order chi connectivity index (χ1) is 10.7. The van der Waals surface area contributed by atoms with Crippen LogP contribution in [0.5, 0.6) is 0 Å². The monoisotopic (exact) mass is 417 g/mol. The number of halogens is 2. The minimum atomic E-state index is 0. The molecule has 0 spiro atoms. The maximum Gasteiger partial charge on any atom is 0.180 e. The highest BCUT2D eigenvalue weighted by atomic mass is 79.9. The zero-order valence-electron chi connectivity index (χ0n) is 12.8. The molecule has 2 aromatic rings. The lowest BCUT2D eigenvalue weighted by Crippen LogP contribution is -2.38. The average Bonchev–Trinajstić information content (AvgIpc) is 2.93. The molecule has 1 aromatic heterocycles. The predicted octanol–water partition coefficient (Wildman–Crippen LogP) is 4.09. The van der Waals surface area contributed by atoms with E-state index in [2.05, 4.69) is 50.1 Å². The third-order valence-electron chi connectivity index (χ3n) is 3.91. The number of thiazole rings is 1. The molecule has 1 saturated heterocycles. The standard InChI is InChI=1S/C16H20BrN3OS.ClH/c17-13-3-1-2-12(8-13)10-20(14-4-6-21-7-5-14)11-15-9-19-16(18)22-15;/h1-3,8-9,14H,4-7,10-11H2,(H2,18,19);1H. The smallest absolute Gasteiger partial charge is 0.180 e. The van der Waals surface area contributed by atoms with E-state index in [4.69, 9.17) is 10.5 Å². The first-order valence-corrected chi connectivity index (χ1v) is 9.08. The van der Waals surface area contributed by atoms with Crippen LogP contribution in [0.1, 0.15) is 23.3 Å². The zero-order chi connectivity index (χ0) is 15.4. The van der Waals surface area contributed by atoms with E-state index in [1.807, 2.05) is 6.20 Å². The fourth-order valence-corrected chi connectivity index (χ4v) is 3.99. The molecular weight excluding hydrogens is 398 g/mol. The SMILES string of the molecule is Cl.Nc1ncc(CN(Cc2cccc(Br)c2)C2CCOCC2)s1. The number of aromatic nitrogens is 1. The number of nitrogen functional groups attached to an aromatic ring is 1. The topological polar surface area (TPSA) is 51.4 Å². The van der Waals surface area contributed by atoms with E-state index in [1.165, 1.54) is 10.4 Å². The van der Waals surface area contributed by atoms with Gasteiger partial charge in [0.05, 0.1) is 0 Å². The lowest BCUT2D eigenvalue weighted by Gasteiger charge is -2.34. The Bertz CT molecular complexity index is 619. The summed E-state index contributed by atoms with van der Waals surface area (Å²) in [5, 5.41) is 0.643. The molecule has 126 valence electrons. The van der Waals surface area contributed by atoms with Crippen molar-refractivity contribution < 1.29 is 4.74 Å². The number of nitrogens with zero attached hydrogens (tertiary/aromatic N) is 2. The van der Waals surface area contributed by atoms with Gasteiger partial charge in [0.2, 0.25) is 0 Å². The second-order valence-corrected chi connectivity index (χ2v) is 7.61. The summed E-state index contributed by atoms with van der Waals surface area (Å²) >= 11 is 5.13. The molecule has 23 heavy (non-hydrogen) atoms. The summed E-state index contributed by atoms with van der Waals surface area (Å²) in [4.78, 5) is 7.92. The lowest BCUT2D eigenvalue weighted by atomic mass is 10.1. The Balaban J connectivity index is 0.00000192. The molecule has 0 radical (unpaired) electrons. The van der Waals surface area contributed by atoms with Crippen LogP contribution in [0.15, 0.2) is 34.9 Å². The molecule has 1 aromatic carbocycles. The van der Waals surface area contributed by atoms with Crippen molar-refractivity contribution in [3.8, 4) is 0 Å². The van der Waals surface area contributed by atoms with Gasteiger partial charge in [0.1, 0.15) is 0 Å². The van der Waals surface area contributed by atoms with Crippen LogP contribution < -0.4 is 5.73 Å². The number of rotatable bonds is 5. The van der Waals surface area contributed by atoms with E-state index in [0.29, 0.717) is 11.2 Å². The van der Waals surface area contributed by atoms with Crippen molar-refractivity contribution in [2.45, 2.75) is 32.0 Å². The van der Waals surface area contributed by atoms with Crippen molar-refractivity contribution in [3.63, 3.8) is 0 Å². The molecule has 0 atom stereocenters. The molecule has 0 aliphatic carbocycles. The highest BCUT2D eigenvalue weighted by molar-refractivity contribution is 9.10. The van der Waals surface area contributed by atoms with Crippen molar-refractivity contribution in [1.82, 2.24) is 9.88 Å². The van der Waals surface area contributed by atoms with Gasteiger partial charge in [-0.2, -0.15) is 0 Å². The van der Waals surface area contributed by atoms with E-state index < -0.39 is 0 Å². The summed E-state index contributed by atoms with van der Waals surface area (Å²) in [6.45, 7) is 3.53. The van der Waals surface area contributed by atoms with Crippen LogP contribution in [0.2, 0.25) is 0 Å². The number of benzene rings is 1. The van der Waals surface area contributed by atoms with E-state index in [-0.39, 0.29) is 12.4 Å². The molecule has 1 aliphatic rings. The highest BCUT2D eigenvalue weighted by Gasteiger charge is 2.22. The molecule has 0 amide bonds. The molecule has 1 aliphatic heterocycles. The van der Waals surface area contributed by atoms with Crippen LogP contribution in [-0.4, -0.2) is 29.1 Å². The van der Waals surface area contributed by atoms with E-state index >= 15 is 0 Å². The predicted molar refractivity (Wildman–Crippen MR) is 101 cm³/mol. The molecule has 4 nitrogen and oxygen atoms in total. The number of hydrogen-bond donors (Lipinski definition) is 1. The molecular formula is C16H21BrClN3OS. The van der Waals surface area contributed by atoms with Crippen molar-refractivity contribution in [1.29, 1.82) is 0 Å². The van der Waals surface area contributed by atoms with Gasteiger partial charge in [-0.25, -0.2) is 4.98 Å². The van der Waals surface area contributed by atoms with Crippen molar-refractivity contribution in [3.05, 3.63) is 45.4 Å². The van der Waals surface area contributed by atoms with Gasteiger partial charge in [0.25, 0.3) is 0 Å². The van der Waals surface area contributed by atoms with E-state index in [0.717, 1.165) is 43.6 Å². The Morgan fingerprint density at radius 1 is 1.30 bits per heavy atom. The maximum atomic E-state index is 5.77. The fraction of sp³-hybridized carbons (Fsp3) is 0.438. The van der Waals surface area contributed by atoms with Crippen LogP contribution in [0.4, 0.5) is 5.13 Å². The second-order valence-electron chi connectivity index (χ2n) is 5.54. The van der Waals surface area contributed by atoms with Crippen LogP contribution in [-0.2, 0) is 17.8 Å². The quantitative estimate of drug-likeness (QED) is 0.794. The summed E-state index contributed by atoms with van der Waals surface area (Å²) < 4.78 is 6.63. The van der Waals surface area contributed by atoms with Gasteiger partial charge in [-0.3, -0.25) is 4.90 Å². The third kappa shape index (κ3) is 5.43. The number of nitrogens with two attached hydrogens (primary N) is 1. The van der Waals surface area contributed by atoms with Gasteiger partial charge >= 0.3 is 0 Å². The summed E-state index contributed by atoms with van der Waals surface area (Å²) in [6.07, 6.45) is 4.07. The normalized spacial score (nSPS) is 15.6. The zero-order valence-corrected chi connectivity index (χ0v) is 16.0. The minimum absolute atomic E-state index is 0. The van der Waals surface area contributed by atoms with Gasteiger partial charge in [-0.15, -0.1) is 23.7 Å². The summed E-state index contributed by atoms with van der Waals surface area (Å²) in [6, 6.07) is 9.07. The minimum Gasteiger partial charge on any atom is -0.381 e. The highest BCUT2D eigenvalue weighted by Crippen LogP contribution is 2.24. The number of anilines is 1. The lowest BCUT2D eigenvalue weighted by molar-refractivity contribution is 0.0281. The molecule has 2 heterocycles. The van der Waals surface area contributed by atoms with Crippen molar-refractivity contribution in [2.75, 3.05) is 18.9 Å². The van der Waals surface area contributed by atoms with Crippen LogP contribution in [0.25, 0.3) is 0 Å². The molecule has 0 unspecified atom stereocenters. The Morgan fingerprint density at radius 2 is 2.09 bits per heavy atom. The Morgan fingerprint density at radius 3 is 2.74 bits per heavy atom. The Labute approximate surface area is 155 Å². The van der Waals surface area contributed by atoms with Crippen LogP contribution >= 0.6 is 39.7 Å². The van der Waals surface area contributed by atoms with Crippen molar-refractivity contribution >= 4 is 44.8 Å². The molecule has 3 rings (SSSR count). The number of ether oxygens (including phenoxy) is 1. The fourth-order valence-electron chi connectivity index (χ4n) is 2.83. The van der Waals surface area contributed by atoms with Gasteiger partial charge in [-0.05, 0) is 30.5 Å². The van der Waals surface area contributed by atoms with Crippen molar-refractivity contribution in [2.24, 2.45) is 0 Å². The molecule has 7 heteroatoms. The molecule has 0 bridgehead atoms. The summed E-state index contributed by atoms with van der Waals surface area (Å²) in [5.74, 6) is 0. The molecule has 0 saturated carbocycles. The summed E-state index contributed by atoms with van der Waals surface area (Å²) in [7, 11) is 0. The van der Waals surface area contributed by atoms with Gasteiger partial charge < -0.3 is 10.5 Å². The first-order valence-electron chi connectivity index (χ1n) is 7.47. The second kappa shape index (κ2) is 8.99. The third-order valence-corrected chi connectivity index (χ3v) is 5.22. The average molecular weight is 419 g/mol. The van der Waals surface area contributed by atoms with Gasteiger partial charge in [-0.1, -0.05) is 28.1 Å². The largest absolute Gasteiger partial charge is 0.381 e. The molecule has 1 fully saturated rings. The van der Waals surface area contributed by atoms with Gasteiger partial charge in [0, 0.05) is 47.9 Å². The van der Waals surface area contributed by atoms with Gasteiger partial charge in [0.15, 0.2) is 5.13 Å². The van der Waals surface area contributed by atoms with E-state index in [1.54, 1.807) is 11.3 Å². The maximum absolute atomic E-state index is 5.77. The Kier molecular flexibility index (Phi) is 7.30. The number of hydrogen-bond acceptors (Lipinski definition) is 5. The summed E-state index contributed by atoms with van der Waals surface area (Å²) in [5.41, 5.74) is 7.09. The van der Waals surface area contributed by atoms with Crippen LogP contribution in [0.3, 0.4) is 0 Å².